The second-order valence-corrected chi connectivity index (χ2v) is 5.24. The molecule has 2 aromatic rings. The van der Waals surface area contributed by atoms with Gasteiger partial charge >= 0.3 is 0 Å². The van der Waals surface area contributed by atoms with Crippen molar-refractivity contribution in [1.82, 2.24) is 4.98 Å². The molecular formula is C16H14FN3O2. The fourth-order valence-electron chi connectivity index (χ4n) is 2.49. The number of halogens is 1. The lowest BCUT2D eigenvalue weighted by Gasteiger charge is -2.24. The molecule has 3 rings (SSSR count). The predicted octanol–water partition coefficient (Wildman–Crippen LogP) is 2.59. The molecule has 0 saturated carbocycles. The van der Waals surface area contributed by atoms with Gasteiger partial charge in [-0.3, -0.25) is 9.59 Å². The number of benzene rings is 1. The van der Waals surface area contributed by atoms with E-state index in [1.165, 1.54) is 18.2 Å². The Hall–Kier alpha value is -2.76. The molecule has 0 bridgehead atoms. The van der Waals surface area contributed by atoms with Crippen LogP contribution in [0.1, 0.15) is 23.5 Å². The van der Waals surface area contributed by atoms with Gasteiger partial charge in [0.2, 0.25) is 11.8 Å². The van der Waals surface area contributed by atoms with E-state index in [1.54, 1.807) is 12.3 Å². The Morgan fingerprint density at radius 3 is 2.95 bits per heavy atom. The van der Waals surface area contributed by atoms with Crippen LogP contribution in [0.15, 0.2) is 36.5 Å². The van der Waals surface area contributed by atoms with Crippen molar-refractivity contribution >= 4 is 23.3 Å². The number of nitrogens with one attached hydrogen (secondary N) is 2. The minimum absolute atomic E-state index is 0.0241. The number of amides is 2. The first-order valence-electron chi connectivity index (χ1n) is 6.86. The third-order valence-electron chi connectivity index (χ3n) is 3.54. The van der Waals surface area contributed by atoms with Crippen LogP contribution in [0.5, 0.6) is 0 Å². The van der Waals surface area contributed by atoms with Crippen molar-refractivity contribution in [3.05, 3.63) is 53.5 Å². The smallest absolute Gasteiger partial charge is 0.233 e. The van der Waals surface area contributed by atoms with E-state index < -0.39 is 11.7 Å². The molecule has 22 heavy (non-hydrogen) atoms. The summed E-state index contributed by atoms with van der Waals surface area (Å²) in [5, 5.41) is 5.29. The van der Waals surface area contributed by atoms with E-state index in [4.69, 9.17) is 0 Å². The first kappa shape index (κ1) is 14.2. The van der Waals surface area contributed by atoms with Gasteiger partial charge in [-0.1, -0.05) is 6.07 Å². The van der Waals surface area contributed by atoms with Crippen LogP contribution >= 0.6 is 0 Å². The van der Waals surface area contributed by atoms with Crippen LogP contribution in [0, 0.1) is 12.7 Å². The zero-order valence-corrected chi connectivity index (χ0v) is 11.9. The minimum atomic E-state index is -0.660. The van der Waals surface area contributed by atoms with Crippen molar-refractivity contribution in [2.75, 3.05) is 10.6 Å². The zero-order chi connectivity index (χ0) is 15.7. The number of aryl methyl sites for hydroxylation is 1. The minimum Gasteiger partial charge on any atom is -0.326 e. The number of rotatable bonds is 2. The van der Waals surface area contributed by atoms with Gasteiger partial charge in [0, 0.05) is 18.3 Å². The second-order valence-electron chi connectivity index (χ2n) is 5.24. The SMILES string of the molecule is Cc1ccnc(NC(=O)[C@H]2CC(=O)Nc3cc(F)ccc32)c1. The van der Waals surface area contributed by atoms with Crippen LogP contribution < -0.4 is 10.6 Å². The molecular weight excluding hydrogens is 285 g/mol. The van der Waals surface area contributed by atoms with Crippen molar-refractivity contribution in [3.63, 3.8) is 0 Å². The summed E-state index contributed by atoms with van der Waals surface area (Å²) in [7, 11) is 0. The third kappa shape index (κ3) is 2.81. The number of pyridine rings is 1. The molecule has 0 fully saturated rings. The van der Waals surface area contributed by atoms with Crippen molar-refractivity contribution < 1.29 is 14.0 Å². The number of hydrogen-bond donors (Lipinski definition) is 2. The van der Waals surface area contributed by atoms with Crippen molar-refractivity contribution in [1.29, 1.82) is 0 Å². The summed E-state index contributed by atoms with van der Waals surface area (Å²) in [6, 6.07) is 7.59. The highest BCUT2D eigenvalue weighted by molar-refractivity contribution is 6.04. The van der Waals surface area contributed by atoms with Gasteiger partial charge in [0.05, 0.1) is 5.92 Å². The average molecular weight is 299 g/mol. The lowest BCUT2D eigenvalue weighted by molar-refractivity contribution is -0.123. The van der Waals surface area contributed by atoms with Crippen LogP contribution in [-0.4, -0.2) is 16.8 Å². The summed E-state index contributed by atoms with van der Waals surface area (Å²) in [4.78, 5) is 28.2. The molecule has 6 heteroatoms. The lowest BCUT2D eigenvalue weighted by Crippen LogP contribution is -2.31. The van der Waals surface area contributed by atoms with E-state index in [2.05, 4.69) is 15.6 Å². The Kier molecular flexibility index (Phi) is 3.58. The van der Waals surface area contributed by atoms with Gasteiger partial charge in [0.1, 0.15) is 11.6 Å². The number of carbonyl (C=O) groups excluding carboxylic acids is 2. The second kappa shape index (κ2) is 5.55. The molecule has 2 N–H and O–H groups in total. The Morgan fingerprint density at radius 2 is 2.18 bits per heavy atom. The van der Waals surface area contributed by atoms with Crippen molar-refractivity contribution in [2.45, 2.75) is 19.3 Å². The van der Waals surface area contributed by atoms with Crippen LogP contribution in [0.25, 0.3) is 0 Å². The number of fused-ring (bicyclic) bond motifs is 1. The number of aromatic nitrogens is 1. The van der Waals surface area contributed by atoms with Gasteiger partial charge < -0.3 is 10.6 Å². The average Bonchev–Trinajstić information content (AvgIpc) is 2.45. The zero-order valence-electron chi connectivity index (χ0n) is 11.9. The quantitative estimate of drug-likeness (QED) is 0.895. The van der Waals surface area contributed by atoms with Crippen LogP contribution in [-0.2, 0) is 9.59 Å². The maximum absolute atomic E-state index is 13.3. The van der Waals surface area contributed by atoms with Crippen LogP contribution in [0.2, 0.25) is 0 Å². The first-order chi connectivity index (χ1) is 10.5. The Morgan fingerprint density at radius 1 is 1.36 bits per heavy atom. The van der Waals surface area contributed by atoms with E-state index in [0.717, 1.165) is 5.56 Å². The molecule has 112 valence electrons. The molecule has 2 amide bonds. The number of hydrogen-bond acceptors (Lipinski definition) is 3. The van der Waals surface area contributed by atoms with Crippen molar-refractivity contribution in [3.8, 4) is 0 Å². The molecule has 1 aromatic carbocycles. The van der Waals surface area contributed by atoms with E-state index in [-0.39, 0.29) is 18.2 Å². The molecule has 1 aliphatic rings. The lowest BCUT2D eigenvalue weighted by atomic mass is 9.89. The topological polar surface area (TPSA) is 71.1 Å². The largest absolute Gasteiger partial charge is 0.326 e. The highest BCUT2D eigenvalue weighted by Gasteiger charge is 2.31. The van der Waals surface area contributed by atoms with Gasteiger partial charge in [0.15, 0.2) is 0 Å². The third-order valence-corrected chi connectivity index (χ3v) is 3.54. The molecule has 1 aromatic heterocycles. The molecule has 0 saturated heterocycles. The van der Waals surface area contributed by atoms with Gasteiger partial charge in [-0.05, 0) is 42.3 Å². The first-order valence-corrected chi connectivity index (χ1v) is 6.86. The standard InChI is InChI=1S/C16H14FN3O2/c1-9-4-5-18-14(6-9)20-16(22)12-8-15(21)19-13-7-10(17)2-3-11(12)13/h2-7,12H,8H2,1H3,(H,19,21)(H,18,20,22)/t12-/m0/s1. The summed E-state index contributed by atoms with van der Waals surface area (Å²) in [6.45, 7) is 1.89. The molecule has 0 unspecified atom stereocenters. The summed E-state index contributed by atoms with van der Waals surface area (Å²) in [5.74, 6) is -1.33. The van der Waals surface area contributed by atoms with E-state index in [1.807, 2.05) is 13.0 Å². The maximum Gasteiger partial charge on any atom is 0.233 e. The van der Waals surface area contributed by atoms with Gasteiger partial charge in [-0.2, -0.15) is 0 Å². The molecule has 1 atom stereocenters. The Bertz CT molecular complexity index is 761. The molecule has 0 radical (unpaired) electrons. The molecule has 5 nitrogen and oxygen atoms in total. The summed E-state index contributed by atoms with van der Waals surface area (Å²) < 4.78 is 13.3. The summed E-state index contributed by atoms with van der Waals surface area (Å²) >= 11 is 0. The van der Waals surface area contributed by atoms with Gasteiger partial charge in [-0.15, -0.1) is 0 Å². The number of carbonyl (C=O) groups is 2. The molecule has 0 spiro atoms. The highest BCUT2D eigenvalue weighted by Crippen LogP contribution is 2.33. The fourth-order valence-corrected chi connectivity index (χ4v) is 2.49. The van der Waals surface area contributed by atoms with Crippen molar-refractivity contribution in [2.24, 2.45) is 0 Å². The molecule has 0 aliphatic carbocycles. The fraction of sp³-hybridized carbons (Fsp3) is 0.188. The van der Waals surface area contributed by atoms with Gasteiger partial charge in [-0.25, -0.2) is 9.37 Å². The summed E-state index contributed by atoms with van der Waals surface area (Å²) in [5.41, 5.74) is 1.91. The van der Waals surface area contributed by atoms with E-state index >= 15 is 0 Å². The van der Waals surface area contributed by atoms with Crippen LogP contribution in [0.4, 0.5) is 15.9 Å². The molecule has 2 heterocycles. The Labute approximate surface area is 126 Å². The summed E-state index contributed by atoms with van der Waals surface area (Å²) in [6.07, 6.45) is 1.62. The maximum atomic E-state index is 13.3. The van der Waals surface area contributed by atoms with Gasteiger partial charge in [0.25, 0.3) is 0 Å². The molecule has 1 aliphatic heterocycles. The monoisotopic (exact) mass is 299 g/mol. The number of nitrogens with zero attached hydrogens (tertiary/aromatic N) is 1. The highest BCUT2D eigenvalue weighted by atomic mass is 19.1. The van der Waals surface area contributed by atoms with Crippen LogP contribution in [0.3, 0.4) is 0 Å². The predicted molar refractivity (Wildman–Crippen MR) is 80.0 cm³/mol. The number of anilines is 2. The Balaban J connectivity index is 1.88. The normalized spacial score (nSPS) is 16.6. The van der Waals surface area contributed by atoms with E-state index in [9.17, 15) is 14.0 Å². The van der Waals surface area contributed by atoms with E-state index in [0.29, 0.717) is 17.1 Å².